The summed E-state index contributed by atoms with van der Waals surface area (Å²) in [5, 5.41) is 121. The molecular formula is C87H155NO18. The van der Waals surface area contributed by atoms with Crippen LogP contribution in [-0.2, 0) is 33.2 Å². The molecule has 106 heavy (non-hydrogen) atoms. The first-order chi connectivity index (χ1) is 51.8. The van der Waals surface area contributed by atoms with Gasteiger partial charge in [-0.3, -0.25) is 4.79 Å². The van der Waals surface area contributed by atoms with E-state index in [4.69, 9.17) is 28.4 Å². The average Bonchev–Trinajstić information content (AvgIpc) is 0.780. The summed E-state index contributed by atoms with van der Waals surface area (Å²) in [5.74, 6) is -0.285. The second-order valence-corrected chi connectivity index (χ2v) is 30.2. The predicted molar refractivity (Wildman–Crippen MR) is 424 cm³/mol. The smallest absolute Gasteiger partial charge is 0.220 e. The highest BCUT2D eigenvalue weighted by Gasteiger charge is 2.54. The molecule has 3 aliphatic rings. The molecule has 0 bridgehead atoms. The maximum atomic E-state index is 13.5. The van der Waals surface area contributed by atoms with Crippen molar-refractivity contribution in [3.05, 3.63) is 85.1 Å². The highest BCUT2D eigenvalue weighted by atomic mass is 16.8. The van der Waals surface area contributed by atoms with Crippen molar-refractivity contribution >= 4 is 5.91 Å². The van der Waals surface area contributed by atoms with Crippen molar-refractivity contribution in [3.8, 4) is 0 Å². The van der Waals surface area contributed by atoms with Crippen LogP contribution < -0.4 is 5.32 Å². The van der Waals surface area contributed by atoms with E-state index >= 15 is 0 Å². The van der Waals surface area contributed by atoms with Crippen molar-refractivity contribution in [2.24, 2.45) is 0 Å². The summed E-state index contributed by atoms with van der Waals surface area (Å²) < 4.78 is 34.4. The zero-order valence-electron chi connectivity index (χ0n) is 66.2. The number of hydrogen-bond acceptors (Lipinski definition) is 18. The van der Waals surface area contributed by atoms with E-state index in [1.165, 1.54) is 225 Å². The molecule has 17 unspecified atom stereocenters. The first-order valence-corrected chi connectivity index (χ1v) is 42.8. The molecule has 0 saturated carbocycles. The average molecular weight is 1500 g/mol. The maximum Gasteiger partial charge on any atom is 0.220 e. The van der Waals surface area contributed by atoms with Crippen LogP contribution in [0.3, 0.4) is 0 Å². The summed E-state index contributed by atoms with van der Waals surface area (Å²) in [6, 6.07) is -0.999. The molecule has 19 nitrogen and oxygen atoms in total. The number of hydrogen-bond donors (Lipinski definition) is 12. The molecule has 0 aromatic carbocycles. The van der Waals surface area contributed by atoms with Crippen molar-refractivity contribution in [1.29, 1.82) is 0 Å². The van der Waals surface area contributed by atoms with Gasteiger partial charge in [0.25, 0.3) is 0 Å². The fraction of sp³-hybridized carbons (Fsp3) is 0.828. The number of nitrogens with one attached hydrogen (secondary N) is 1. The Morgan fingerprint density at radius 3 is 1.06 bits per heavy atom. The molecule has 1 amide bonds. The Kier molecular flexibility index (Phi) is 61.0. The van der Waals surface area contributed by atoms with Gasteiger partial charge >= 0.3 is 0 Å². The highest BCUT2D eigenvalue weighted by molar-refractivity contribution is 5.76. The minimum atomic E-state index is -1.98. The fourth-order valence-corrected chi connectivity index (χ4v) is 14.1. The molecule has 3 rings (SSSR count). The van der Waals surface area contributed by atoms with E-state index < -0.39 is 124 Å². The molecule has 0 spiro atoms. The van der Waals surface area contributed by atoms with Crippen molar-refractivity contribution < 1.29 is 89.4 Å². The van der Waals surface area contributed by atoms with Gasteiger partial charge in [0.1, 0.15) is 73.2 Å². The summed E-state index contributed by atoms with van der Waals surface area (Å²) >= 11 is 0. The number of carbonyl (C=O) groups is 1. The molecule has 19 heteroatoms. The third-order valence-corrected chi connectivity index (χ3v) is 20.9. The second-order valence-electron chi connectivity index (χ2n) is 30.2. The van der Waals surface area contributed by atoms with Crippen molar-refractivity contribution in [3.63, 3.8) is 0 Å². The van der Waals surface area contributed by atoms with Crippen LogP contribution in [0.25, 0.3) is 0 Å². The summed E-state index contributed by atoms with van der Waals surface area (Å²) in [4.78, 5) is 13.5. The number of allylic oxidation sites excluding steroid dienone is 13. The van der Waals surface area contributed by atoms with Gasteiger partial charge in [0.2, 0.25) is 5.91 Å². The molecule has 0 radical (unpaired) electrons. The number of carbonyl (C=O) groups excluding carboxylic acids is 1. The molecule has 616 valence electrons. The van der Waals surface area contributed by atoms with Crippen LogP contribution in [0.2, 0.25) is 0 Å². The lowest BCUT2D eigenvalue weighted by atomic mass is 9.96. The Morgan fingerprint density at radius 1 is 0.349 bits per heavy atom. The molecule has 0 aliphatic carbocycles. The first-order valence-electron chi connectivity index (χ1n) is 42.8. The molecule has 17 atom stereocenters. The minimum Gasteiger partial charge on any atom is -0.394 e. The number of aliphatic hydroxyl groups excluding tert-OH is 11. The predicted octanol–water partition coefficient (Wildman–Crippen LogP) is 15.3. The van der Waals surface area contributed by atoms with Crippen molar-refractivity contribution in [2.75, 3.05) is 26.4 Å². The SMILES string of the molecule is CC/C=C\C/C=C\C/C=C\C/C=C\CCCCCCCCCCCCCCCCCCCCCCCCCCCCC(=O)NC(COC1OC(CO)C(OC2OC(CO)C(OC3OC(CO)C(O)C(O)C3O)C(O)C2O)C(O)C1O)C(O)/C=C/CC/C=C/CC/C=C/CCCCCCCCCCCCCC. The lowest BCUT2D eigenvalue weighted by Crippen LogP contribution is -2.66. The number of rotatable bonds is 68. The van der Waals surface area contributed by atoms with Crippen LogP contribution in [0.4, 0.5) is 0 Å². The van der Waals surface area contributed by atoms with Crippen LogP contribution in [0.1, 0.15) is 328 Å². The van der Waals surface area contributed by atoms with Crippen LogP contribution in [-0.4, -0.2) is 193 Å². The van der Waals surface area contributed by atoms with Gasteiger partial charge in [-0.05, 0) is 83.5 Å². The van der Waals surface area contributed by atoms with E-state index in [0.717, 1.165) is 70.6 Å². The number of aliphatic hydroxyl groups is 11. The number of ether oxygens (including phenoxy) is 6. The van der Waals surface area contributed by atoms with Gasteiger partial charge in [-0.2, -0.15) is 0 Å². The topological polar surface area (TPSA) is 307 Å². The molecule has 3 fully saturated rings. The number of unbranched alkanes of at least 4 members (excludes halogenated alkanes) is 40. The lowest BCUT2D eigenvalue weighted by molar-refractivity contribution is -0.379. The van der Waals surface area contributed by atoms with E-state index in [2.05, 4.69) is 92.1 Å². The summed E-state index contributed by atoms with van der Waals surface area (Å²) in [6.07, 6.45) is 63.1. The monoisotopic (exact) mass is 1500 g/mol. The van der Waals surface area contributed by atoms with E-state index in [1.54, 1.807) is 6.08 Å². The van der Waals surface area contributed by atoms with Crippen LogP contribution in [0.15, 0.2) is 85.1 Å². The van der Waals surface area contributed by atoms with E-state index in [-0.39, 0.29) is 18.9 Å². The summed E-state index contributed by atoms with van der Waals surface area (Å²) in [7, 11) is 0. The first kappa shape index (κ1) is 97.2. The Bertz CT molecular complexity index is 2240. The normalized spacial score (nSPS) is 26.1. The van der Waals surface area contributed by atoms with Gasteiger partial charge in [-0.15, -0.1) is 0 Å². The van der Waals surface area contributed by atoms with Crippen LogP contribution in [0.5, 0.6) is 0 Å². The standard InChI is InChI=1S/C87H155NO18/c1-3-5-7-9-11-13-15-17-19-21-23-25-27-28-29-30-31-32-33-34-35-36-37-38-39-40-41-42-43-45-47-49-51-53-55-57-59-61-63-65-75(93)88-70(71(92)64-62-60-58-56-54-52-50-48-46-44-26-24-22-20-18-16-14-12-10-8-6-4-2)69-101-85-81(99)78(96)83(73(67-90)103-85)106-87-82(100)79(97)84(74(68-91)104-87)105-86-80(98)77(95)76(94)72(66-89)102-86/h5,7,11,13,17,19,23,25,46,48,54,56,62,64,70-74,76-87,89-92,94-100H,3-4,6,8-10,12,14-16,18,20-22,24,26-45,47,49-53,55,57-61,63,65-69H2,1-2H3,(H,88,93)/b7-5-,13-11-,19-17-,25-23-,48-46+,56-54+,64-62+. The van der Waals surface area contributed by atoms with Crippen molar-refractivity contribution in [2.45, 2.75) is 433 Å². The minimum absolute atomic E-state index is 0.233. The third kappa shape index (κ3) is 45.5. The van der Waals surface area contributed by atoms with Gasteiger partial charge in [0.05, 0.1) is 38.6 Å². The molecule has 3 saturated heterocycles. The Balaban J connectivity index is 1.32. The van der Waals surface area contributed by atoms with Gasteiger partial charge in [0, 0.05) is 6.42 Å². The van der Waals surface area contributed by atoms with Crippen LogP contribution >= 0.6 is 0 Å². The third-order valence-electron chi connectivity index (χ3n) is 20.9. The van der Waals surface area contributed by atoms with Gasteiger partial charge in [-0.1, -0.05) is 324 Å². The Morgan fingerprint density at radius 2 is 0.660 bits per heavy atom. The largest absolute Gasteiger partial charge is 0.394 e. The fourth-order valence-electron chi connectivity index (χ4n) is 14.1. The molecule has 0 aromatic rings. The molecular weight excluding hydrogens is 1350 g/mol. The highest BCUT2D eigenvalue weighted by Crippen LogP contribution is 2.33. The zero-order chi connectivity index (χ0) is 76.7. The zero-order valence-corrected chi connectivity index (χ0v) is 66.2. The van der Waals surface area contributed by atoms with E-state index in [9.17, 15) is 61.0 Å². The van der Waals surface area contributed by atoms with Gasteiger partial charge in [0.15, 0.2) is 18.9 Å². The molecule has 3 heterocycles. The molecule has 12 N–H and O–H groups in total. The number of amides is 1. The Hall–Kier alpha value is -3.03. The molecule has 0 aromatic heterocycles. The van der Waals surface area contributed by atoms with Gasteiger partial charge in [-0.25, -0.2) is 0 Å². The second kappa shape index (κ2) is 66.6. The Labute approximate surface area is 641 Å². The maximum absolute atomic E-state index is 13.5. The molecule has 3 aliphatic heterocycles. The van der Waals surface area contributed by atoms with E-state index in [0.29, 0.717) is 12.8 Å². The lowest BCUT2D eigenvalue weighted by Gasteiger charge is -2.48. The van der Waals surface area contributed by atoms with Gasteiger partial charge < -0.3 is 89.9 Å². The van der Waals surface area contributed by atoms with Crippen molar-refractivity contribution in [1.82, 2.24) is 5.32 Å². The van der Waals surface area contributed by atoms with E-state index in [1.807, 2.05) is 6.08 Å². The summed E-state index contributed by atoms with van der Waals surface area (Å²) in [6.45, 7) is 1.63. The quantitative estimate of drug-likeness (QED) is 0.0199. The summed E-state index contributed by atoms with van der Waals surface area (Å²) in [5.41, 5.74) is 0. The van der Waals surface area contributed by atoms with Crippen LogP contribution in [0, 0.1) is 0 Å².